The van der Waals surface area contributed by atoms with Crippen LogP contribution in [0.15, 0.2) is 109 Å². The van der Waals surface area contributed by atoms with Crippen LogP contribution in [0.2, 0.25) is 0 Å². The van der Waals surface area contributed by atoms with Gasteiger partial charge in [0.2, 0.25) is 0 Å². The van der Waals surface area contributed by atoms with E-state index in [9.17, 15) is 0 Å². The Bertz CT molecular complexity index is 1690. The van der Waals surface area contributed by atoms with Crippen LogP contribution in [0.25, 0.3) is 49.7 Å². The maximum atomic E-state index is 6.38. The average molecular weight is 423 g/mol. The molecule has 0 saturated heterocycles. The molecule has 1 heterocycles. The van der Waals surface area contributed by atoms with Crippen LogP contribution < -0.4 is 5.73 Å². The summed E-state index contributed by atoms with van der Waals surface area (Å²) in [6, 6.07) is 39.1. The van der Waals surface area contributed by atoms with Gasteiger partial charge in [0.15, 0.2) is 0 Å². The lowest BCUT2D eigenvalue weighted by molar-refractivity contribution is 1.18. The zero-order chi connectivity index (χ0) is 21.9. The Hall–Kier alpha value is -4.30. The van der Waals surface area contributed by atoms with Gasteiger partial charge in [-0.15, -0.1) is 0 Å². The normalized spacial score (nSPS) is 12.2. The fourth-order valence-electron chi connectivity index (χ4n) is 5.53. The highest BCUT2D eigenvalue weighted by atomic mass is 15.0. The Kier molecular flexibility index (Phi) is 3.80. The van der Waals surface area contributed by atoms with Crippen LogP contribution in [0.4, 0.5) is 5.69 Å². The van der Waals surface area contributed by atoms with Gasteiger partial charge in [0.05, 0.1) is 11.0 Å². The molecule has 0 bridgehead atoms. The zero-order valence-corrected chi connectivity index (χ0v) is 18.1. The standard InChI is InChI=1S/C31H22N2/c32-23-17-22-16-20-8-4-5-11-25(20)31(22)27(19-23)21-14-15-30-28(18-21)26-12-6-7-13-29(26)33(30)24-9-2-1-3-10-24/h1-15,17-19H,16,32H2. The van der Waals surface area contributed by atoms with Gasteiger partial charge in [-0.05, 0) is 82.3 Å². The van der Waals surface area contributed by atoms with Gasteiger partial charge in [0.1, 0.15) is 0 Å². The number of fused-ring (bicyclic) bond motifs is 6. The highest BCUT2D eigenvalue weighted by Gasteiger charge is 2.23. The number of nitrogen functional groups attached to an aromatic ring is 1. The summed E-state index contributed by atoms with van der Waals surface area (Å²) in [5.41, 5.74) is 18.6. The summed E-state index contributed by atoms with van der Waals surface area (Å²) in [6.45, 7) is 0. The fraction of sp³-hybridized carbons (Fsp3) is 0.0323. The number of rotatable bonds is 2. The van der Waals surface area contributed by atoms with Crippen LogP contribution in [0.1, 0.15) is 11.1 Å². The van der Waals surface area contributed by atoms with E-state index in [1.807, 2.05) is 0 Å². The minimum absolute atomic E-state index is 0.823. The summed E-state index contributed by atoms with van der Waals surface area (Å²) in [6.07, 6.45) is 0.944. The molecule has 0 unspecified atom stereocenters. The van der Waals surface area contributed by atoms with Gasteiger partial charge < -0.3 is 10.3 Å². The molecule has 0 amide bonds. The highest BCUT2D eigenvalue weighted by Crippen LogP contribution is 2.45. The second kappa shape index (κ2) is 6.85. The first kappa shape index (κ1) is 18.3. The average Bonchev–Trinajstić information content (AvgIpc) is 3.39. The fourth-order valence-corrected chi connectivity index (χ4v) is 5.53. The summed E-state index contributed by atoms with van der Waals surface area (Å²) in [5, 5.41) is 2.52. The Morgan fingerprint density at radius 2 is 1.33 bits per heavy atom. The van der Waals surface area contributed by atoms with Gasteiger partial charge in [-0.1, -0.05) is 66.7 Å². The van der Waals surface area contributed by atoms with Gasteiger partial charge in [-0.2, -0.15) is 0 Å². The quantitative estimate of drug-likeness (QED) is 0.286. The molecule has 6 aromatic rings. The zero-order valence-electron chi connectivity index (χ0n) is 18.1. The van der Waals surface area contributed by atoms with E-state index in [0.29, 0.717) is 0 Å². The Morgan fingerprint density at radius 1 is 0.576 bits per heavy atom. The van der Waals surface area contributed by atoms with Crippen molar-refractivity contribution in [3.63, 3.8) is 0 Å². The summed E-state index contributed by atoms with van der Waals surface area (Å²) < 4.78 is 2.35. The molecular weight excluding hydrogens is 400 g/mol. The molecule has 33 heavy (non-hydrogen) atoms. The maximum absolute atomic E-state index is 6.38. The third-order valence-corrected chi connectivity index (χ3v) is 6.91. The molecule has 156 valence electrons. The Morgan fingerprint density at radius 3 is 2.24 bits per heavy atom. The molecule has 7 rings (SSSR count). The number of hydrogen-bond donors (Lipinski definition) is 1. The van der Waals surface area contributed by atoms with Crippen LogP contribution in [0, 0.1) is 0 Å². The molecule has 0 fully saturated rings. The van der Waals surface area contributed by atoms with Gasteiger partial charge >= 0.3 is 0 Å². The highest BCUT2D eigenvalue weighted by molar-refractivity contribution is 6.11. The number of anilines is 1. The molecule has 2 heteroatoms. The van der Waals surface area contributed by atoms with Crippen molar-refractivity contribution in [2.75, 3.05) is 5.73 Å². The second-order valence-corrected chi connectivity index (χ2v) is 8.86. The number of nitrogens with two attached hydrogens (primary N) is 1. The summed E-state index contributed by atoms with van der Waals surface area (Å²) in [4.78, 5) is 0. The van der Waals surface area contributed by atoms with Gasteiger partial charge in [-0.25, -0.2) is 0 Å². The van der Waals surface area contributed by atoms with E-state index < -0.39 is 0 Å². The molecule has 0 saturated carbocycles. The van der Waals surface area contributed by atoms with E-state index in [0.717, 1.165) is 12.1 Å². The first-order chi connectivity index (χ1) is 16.3. The van der Waals surface area contributed by atoms with Crippen molar-refractivity contribution in [3.8, 4) is 27.9 Å². The van der Waals surface area contributed by atoms with Crippen molar-refractivity contribution in [2.24, 2.45) is 0 Å². The lowest BCUT2D eigenvalue weighted by atomic mass is 9.92. The van der Waals surface area contributed by atoms with Crippen LogP contribution >= 0.6 is 0 Å². The molecule has 1 aliphatic rings. The van der Waals surface area contributed by atoms with Gasteiger partial charge in [0, 0.05) is 22.1 Å². The molecule has 2 N–H and O–H groups in total. The third-order valence-electron chi connectivity index (χ3n) is 6.91. The number of nitrogens with zero attached hydrogens (tertiary/aromatic N) is 1. The van der Waals surface area contributed by atoms with Crippen molar-refractivity contribution in [2.45, 2.75) is 6.42 Å². The molecule has 1 aromatic heterocycles. The number of para-hydroxylation sites is 2. The predicted molar refractivity (Wildman–Crippen MR) is 139 cm³/mol. The van der Waals surface area contributed by atoms with Crippen molar-refractivity contribution in [1.29, 1.82) is 0 Å². The van der Waals surface area contributed by atoms with Gasteiger partial charge in [-0.3, -0.25) is 0 Å². The number of hydrogen-bond acceptors (Lipinski definition) is 1. The molecule has 1 aliphatic carbocycles. The minimum Gasteiger partial charge on any atom is -0.399 e. The van der Waals surface area contributed by atoms with Crippen molar-refractivity contribution in [1.82, 2.24) is 4.57 Å². The molecule has 2 nitrogen and oxygen atoms in total. The van der Waals surface area contributed by atoms with Crippen LogP contribution in [0.3, 0.4) is 0 Å². The first-order valence-electron chi connectivity index (χ1n) is 11.4. The minimum atomic E-state index is 0.823. The second-order valence-electron chi connectivity index (χ2n) is 8.86. The van der Waals surface area contributed by atoms with E-state index in [1.54, 1.807) is 0 Å². The Labute approximate surface area is 192 Å². The van der Waals surface area contributed by atoms with E-state index in [4.69, 9.17) is 5.73 Å². The van der Waals surface area contributed by atoms with Gasteiger partial charge in [0.25, 0.3) is 0 Å². The van der Waals surface area contributed by atoms with Crippen molar-refractivity contribution >= 4 is 27.5 Å². The van der Waals surface area contributed by atoms with E-state index in [1.165, 1.54) is 60.9 Å². The van der Waals surface area contributed by atoms with Crippen LogP contribution in [0.5, 0.6) is 0 Å². The molecule has 0 spiro atoms. The smallest absolute Gasteiger partial charge is 0.0541 e. The van der Waals surface area contributed by atoms with Crippen LogP contribution in [-0.4, -0.2) is 4.57 Å². The lowest BCUT2D eigenvalue weighted by Gasteiger charge is -2.13. The van der Waals surface area contributed by atoms with E-state index in [-0.39, 0.29) is 0 Å². The Balaban J connectivity index is 1.52. The molecule has 0 radical (unpaired) electrons. The summed E-state index contributed by atoms with van der Waals surface area (Å²) in [5.74, 6) is 0. The molecule has 0 atom stereocenters. The molecular formula is C31H22N2. The summed E-state index contributed by atoms with van der Waals surface area (Å²) >= 11 is 0. The molecule has 5 aromatic carbocycles. The molecule has 0 aliphatic heterocycles. The van der Waals surface area contributed by atoms with E-state index in [2.05, 4.69) is 114 Å². The topological polar surface area (TPSA) is 30.9 Å². The van der Waals surface area contributed by atoms with E-state index >= 15 is 0 Å². The van der Waals surface area contributed by atoms with Crippen molar-refractivity contribution in [3.05, 3.63) is 120 Å². The third kappa shape index (κ3) is 2.68. The largest absolute Gasteiger partial charge is 0.399 e. The van der Waals surface area contributed by atoms with Crippen molar-refractivity contribution < 1.29 is 0 Å². The summed E-state index contributed by atoms with van der Waals surface area (Å²) in [7, 11) is 0. The SMILES string of the molecule is Nc1cc2c(c(-c3ccc4c(c3)c3ccccc3n4-c3ccccc3)c1)-c1ccccc1C2. The monoisotopic (exact) mass is 422 g/mol. The van der Waals surface area contributed by atoms with Crippen LogP contribution in [-0.2, 0) is 6.42 Å². The maximum Gasteiger partial charge on any atom is 0.0541 e. The first-order valence-corrected chi connectivity index (χ1v) is 11.4. The number of benzene rings is 5. The predicted octanol–water partition coefficient (Wildman–Crippen LogP) is 7.60. The lowest BCUT2D eigenvalue weighted by Crippen LogP contribution is -1.94. The number of aromatic nitrogens is 1.